The molecule has 0 aliphatic carbocycles. The molecule has 0 radical (unpaired) electrons. The molecule has 0 unspecified atom stereocenters. The lowest BCUT2D eigenvalue weighted by atomic mass is 10.0. The van der Waals surface area contributed by atoms with Crippen LogP contribution in [0.4, 0.5) is 8.78 Å². The highest BCUT2D eigenvalue weighted by Gasteiger charge is 2.27. The van der Waals surface area contributed by atoms with E-state index < -0.39 is 22.0 Å². The molecule has 1 aliphatic heterocycles. The number of hydrogen-bond donors (Lipinski definition) is 0. The maximum absolute atomic E-state index is 13.5. The van der Waals surface area contributed by atoms with Crippen LogP contribution in [-0.4, -0.2) is 66.3 Å². The van der Waals surface area contributed by atoms with E-state index in [0.717, 1.165) is 13.2 Å². The van der Waals surface area contributed by atoms with E-state index in [4.69, 9.17) is 9.47 Å². The van der Waals surface area contributed by atoms with E-state index >= 15 is 0 Å². The summed E-state index contributed by atoms with van der Waals surface area (Å²) >= 11 is 0. The van der Waals surface area contributed by atoms with Gasteiger partial charge in [-0.2, -0.15) is 4.31 Å². The molecular weight excluding hydrogens is 442 g/mol. The van der Waals surface area contributed by atoms with Crippen molar-refractivity contribution in [3.05, 3.63) is 48.3 Å². The van der Waals surface area contributed by atoms with Crippen molar-refractivity contribution in [3.63, 3.8) is 0 Å². The summed E-state index contributed by atoms with van der Waals surface area (Å²) in [7, 11) is -3.33. The van der Waals surface area contributed by atoms with Crippen LogP contribution >= 0.6 is 0 Å². The second-order valence-corrected chi connectivity index (χ2v) is 9.61. The predicted octanol–water partition coefficient (Wildman–Crippen LogP) is 2.84. The third kappa shape index (κ3) is 5.00. The third-order valence-corrected chi connectivity index (χ3v) is 6.36. The van der Waals surface area contributed by atoms with Crippen LogP contribution in [0.1, 0.15) is 12.5 Å². The second-order valence-electron chi connectivity index (χ2n) is 7.63. The van der Waals surface area contributed by atoms with Crippen LogP contribution in [0.2, 0.25) is 0 Å². The summed E-state index contributed by atoms with van der Waals surface area (Å²) in [6.07, 6.45) is 3.73. The zero-order valence-electron chi connectivity index (χ0n) is 17.5. The summed E-state index contributed by atoms with van der Waals surface area (Å²) in [6.45, 7) is 1.65. The van der Waals surface area contributed by atoms with Gasteiger partial charge in [0.2, 0.25) is 15.9 Å². The van der Waals surface area contributed by atoms with Gasteiger partial charge in [0.25, 0.3) is 5.92 Å². The van der Waals surface area contributed by atoms with Crippen LogP contribution in [-0.2, 0) is 20.7 Å². The number of benzene rings is 1. The van der Waals surface area contributed by atoms with E-state index in [-0.39, 0.29) is 31.2 Å². The minimum Gasteiger partial charge on any atom is -0.473 e. The fraction of sp³-hybridized carbons (Fsp3) is 0.381. The molecule has 1 saturated heterocycles. The standard InChI is InChI=1S/C21H22F2N4O4S/c1-21(22,23)15-5-3-14(4-6-15)17-11-18-19(25-8-7-24-18)20(26-17)31-13-16-12-27(9-10-30-16)32(2,28)29/h3-8,11,16H,9-10,12-13H2,1-2H3/t16-/m0/s1. The second kappa shape index (κ2) is 8.64. The van der Waals surface area contributed by atoms with E-state index in [0.29, 0.717) is 28.8 Å². The molecular formula is C21H22F2N4O4S. The SMILES string of the molecule is CC(F)(F)c1ccc(-c2cc3nccnc3c(OC[C@@H]3CN(S(C)(=O)=O)CCO3)n2)cc1. The van der Waals surface area contributed by atoms with Gasteiger partial charge in [-0.15, -0.1) is 0 Å². The van der Waals surface area contributed by atoms with Crippen molar-refractivity contribution in [2.24, 2.45) is 0 Å². The van der Waals surface area contributed by atoms with Crippen molar-refractivity contribution in [1.82, 2.24) is 19.3 Å². The molecule has 0 N–H and O–H groups in total. The summed E-state index contributed by atoms with van der Waals surface area (Å²) in [5.41, 5.74) is 1.97. The first kappa shape index (κ1) is 22.4. The van der Waals surface area contributed by atoms with Gasteiger partial charge in [0.15, 0.2) is 5.52 Å². The summed E-state index contributed by atoms with van der Waals surface area (Å²) in [5.74, 6) is -2.73. The van der Waals surface area contributed by atoms with E-state index in [1.807, 2.05) is 0 Å². The fourth-order valence-corrected chi connectivity index (χ4v) is 4.23. The predicted molar refractivity (Wildman–Crippen MR) is 114 cm³/mol. The van der Waals surface area contributed by atoms with Crippen molar-refractivity contribution >= 4 is 21.1 Å². The van der Waals surface area contributed by atoms with Crippen LogP contribution in [0.15, 0.2) is 42.7 Å². The first-order chi connectivity index (χ1) is 15.1. The zero-order chi connectivity index (χ0) is 22.9. The molecule has 1 aliphatic rings. The summed E-state index contributed by atoms with van der Waals surface area (Å²) < 4.78 is 63.6. The van der Waals surface area contributed by atoms with Gasteiger partial charge in [-0.1, -0.05) is 24.3 Å². The van der Waals surface area contributed by atoms with Crippen LogP contribution in [0, 0.1) is 0 Å². The molecule has 3 heterocycles. The summed E-state index contributed by atoms with van der Waals surface area (Å²) in [5, 5.41) is 0. The van der Waals surface area contributed by atoms with Crippen LogP contribution in [0.3, 0.4) is 0 Å². The summed E-state index contributed by atoms with van der Waals surface area (Å²) in [6, 6.07) is 7.55. The van der Waals surface area contributed by atoms with Gasteiger partial charge in [-0.25, -0.2) is 27.2 Å². The van der Waals surface area contributed by atoms with Gasteiger partial charge in [0, 0.05) is 43.5 Å². The maximum atomic E-state index is 13.5. The third-order valence-electron chi connectivity index (χ3n) is 5.09. The monoisotopic (exact) mass is 464 g/mol. The highest BCUT2D eigenvalue weighted by atomic mass is 32.2. The Labute approximate surface area is 184 Å². The minimum absolute atomic E-state index is 0.0646. The number of sulfonamides is 1. The summed E-state index contributed by atoms with van der Waals surface area (Å²) in [4.78, 5) is 13.1. The van der Waals surface area contributed by atoms with Crippen molar-refractivity contribution in [3.8, 4) is 17.1 Å². The lowest BCUT2D eigenvalue weighted by molar-refractivity contribution is -0.0252. The number of fused-ring (bicyclic) bond motifs is 1. The normalized spacial score (nSPS) is 18.1. The van der Waals surface area contributed by atoms with E-state index in [9.17, 15) is 17.2 Å². The number of hydrogen-bond acceptors (Lipinski definition) is 7. The molecule has 11 heteroatoms. The number of pyridine rings is 1. The lowest BCUT2D eigenvalue weighted by Gasteiger charge is -2.30. The van der Waals surface area contributed by atoms with Crippen LogP contribution < -0.4 is 4.74 Å². The Morgan fingerprint density at radius 1 is 1.22 bits per heavy atom. The highest BCUT2D eigenvalue weighted by molar-refractivity contribution is 7.88. The van der Waals surface area contributed by atoms with Gasteiger partial charge in [0.1, 0.15) is 12.7 Å². The lowest BCUT2D eigenvalue weighted by Crippen LogP contribution is -2.47. The fourth-order valence-electron chi connectivity index (χ4n) is 3.39. The van der Waals surface area contributed by atoms with Gasteiger partial charge in [-0.05, 0) is 6.07 Å². The molecule has 1 fully saturated rings. The Morgan fingerprint density at radius 2 is 1.94 bits per heavy atom. The number of rotatable bonds is 6. The number of ether oxygens (including phenoxy) is 2. The Kier molecular flexibility index (Phi) is 6.06. The van der Waals surface area contributed by atoms with Crippen molar-refractivity contribution < 1.29 is 26.7 Å². The topological polar surface area (TPSA) is 94.5 Å². The average molecular weight is 464 g/mol. The first-order valence-electron chi connectivity index (χ1n) is 9.91. The Balaban J connectivity index is 1.60. The minimum atomic E-state index is -3.33. The highest BCUT2D eigenvalue weighted by Crippen LogP contribution is 2.31. The molecule has 0 bridgehead atoms. The average Bonchev–Trinajstić information content (AvgIpc) is 2.76. The largest absolute Gasteiger partial charge is 0.473 e. The van der Waals surface area contributed by atoms with E-state index in [2.05, 4.69) is 15.0 Å². The van der Waals surface area contributed by atoms with Gasteiger partial charge < -0.3 is 9.47 Å². The number of nitrogens with zero attached hydrogens (tertiary/aromatic N) is 4. The molecule has 0 spiro atoms. The van der Waals surface area contributed by atoms with Crippen LogP contribution in [0.25, 0.3) is 22.3 Å². The Hall–Kier alpha value is -2.76. The molecule has 2 aromatic heterocycles. The smallest absolute Gasteiger partial charge is 0.270 e. The van der Waals surface area contributed by atoms with Crippen molar-refractivity contribution in [1.29, 1.82) is 0 Å². The van der Waals surface area contributed by atoms with Gasteiger partial charge in [0.05, 0.1) is 24.1 Å². The zero-order valence-corrected chi connectivity index (χ0v) is 18.3. The molecule has 170 valence electrons. The molecule has 3 aromatic rings. The number of halogens is 2. The van der Waals surface area contributed by atoms with E-state index in [1.54, 1.807) is 18.2 Å². The first-order valence-corrected chi connectivity index (χ1v) is 11.8. The van der Waals surface area contributed by atoms with E-state index in [1.165, 1.54) is 28.8 Å². The Bertz CT molecular complexity index is 1220. The molecule has 0 saturated carbocycles. The van der Waals surface area contributed by atoms with Crippen molar-refractivity contribution in [2.45, 2.75) is 19.0 Å². The van der Waals surface area contributed by atoms with Gasteiger partial charge in [-0.3, -0.25) is 4.98 Å². The number of aromatic nitrogens is 3. The molecule has 1 aromatic carbocycles. The molecule has 8 nitrogen and oxygen atoms in total. The molecule has 0 amide bonds. The number of morpholine rings is 1. The quantitative estimate of drug-likeness (QED) is 0.554. The molecule has 32 heavy (non-hydrogen) atoms. The molecule has 4 rings (SSSR count). The maximum Gasteiger partial charge on any atom is 0.270 e. The Morgan fingerprint density at radius 3 is 2.62 bits per heavy atom. The number of alkyl halides is 2. The van der Waals surface area contributed by atoms with Crippen molar-refractivity contribution in [2.75, 3.05) is 32.6 Å². The van der Waals surface area contributed by atoms with Gasteiger partial charge >= 0.3 is 0 Å². The van der Waals surface area contributed by atoms with Crippen LogP contribution in [0.5, 0.6) is 5.88 Å². The molecule has 1 atom stereocenters.